The summed E-state index contributed by atoms with van der Waals surface area (Å²) in [6.07, 6.45) is 0.526. The van der Waals surface area contributed by atoms with Gasteiger partial charge < -0.3 is 20.3 Å². The Morgan fingerprint density at radius 1 is 1.41 bits per heavy atom. The third-order valence-corrected chi connectivity index (χ3v) is 4.60. The van der Waals surface area contributed by atoms with Gasteiger partial charge in [0.1, 0.15) is 5.60 Å². The van der Waals surface area contributed by atoms with E-state index < -0.39 is 5.60 Å². The highest BCUT2D eigenvalue weighted by atomic mass is 16.6. The van der Waals surface area contributed by atoms with E-state index in [2.05, 4.69) is 58.6 Å². The Morgan fingerprint density at radius 2 is 2.15 bits per heavy atom. The highest BCUT2D eigenvalue weighted by Gasteiger charge is 2.28. The van der Waals surface area contributed by atoms with Crippen LogP contribution in [0.4, 0.5) is 4.79 Å². The van der Waals surface area contributed by atoms with Crippen LogP contribution in [0, 0.1) is 6.92 Å². The van der Waals surface area contributed by atoms with Crippen molar-refractivity contribution in [2.45, 2.75) is 58.6 Å². The fraction of sp³-hybridized carbons (Fsp3) is 0.619. The third kappa shape index (κ3) is 6.77. The van der Waals surface area contributed by atoms with Crippen LogP contribution in [0.2, 0.25) is 0 Å². The van der Waals surface area contributed by atoms with Crippen LogP contribution >= 0.6 is 0 Å². The number of guanidine groups is 1. The van der Waals surface area contributed by atoms with E-state index in [0.29, 0.717) is 5.92 Å². The van der Waals surface area contributed by atoms with Crippen LogP contribution in [0.25, 0.3) is 0 Å². The summed E-state index contributed by atoms with van der Waals surface area (Å²) in [5.41, 5.74) is 2.12. The van der Waals surface area contributed by atoms with Gasteiger partial charge >= 0.3 is 6.09 Å². The molecule has 1 fully saturated rings. The summed E-state index contributed by atoms with van der Waals surface area (Å²) in [6.45, 7) is 12.3. The minimum Gasteiger partial charge on any atom is -0.444 e. The Hall–Kier alpha value is -2.24. The first kappa shape index (κ1) is 21.1. The van der Waals surface area contributed by atoms with Gasteiger partial charge in [0.05, 0.1) is 6.04 Å². The lowest BCUT2D eigenvalue weighted by molar-refractivity contribution is 0.0507. The molecule has 0 radical (unpaired) electrons. The van der Waals surface area contributed by atoms with Crippen molar-refractivity contribution in [3.05, 3.63) is 35.4 Å². The fourth-order valence-electron chi connectivity index (χ4n) is 3.22. The van der Waals surface area contributed by atoms with Gasteiger partial charge in [-0.3, -0.25) is 4.99 Å². The molecule has 1 aromatic rings. The Morgan fingerprint density at radius 3 is 2.78 bits per heavy atom. The van der Waals surface area contributed by atoms with Crippen LogP contribution in [0.5, 0.6) is 0 Å². The number of benzene rings is 1. The van der Waals surface area contributed by atoms with Gasteiger partial charge in [-0.1, -0.05) is 36.8 Å². The van der Waals surface area contributed by atoms with Crippen LogP contribution < -0.4 is 10.6 Å². The van der Waals surface area contributed by atoms with E-state index in [4.69, 9.17) is 4.74 Å². The van der Waals surface area contributed by atoms with E-state index >= 15 is 0 Å². The molecule has 0 saturated carbocycles. The number of alkyl carbamates (subject to hydrolysis) is 1. The average Bonchev–Trinajstić information content (AvgIpc) is 3.01. The standard InChI is InChI=1S/C21H34N4O2/c1-15-8-7-9-17(12-15)16(2)13-23-19(22-6)25-11-10-18(14-25)24-20(26)27-21(3,4)5/h7-9,12,16,18H,10-11,13-14H2,1-6H3,(H,22,23)(H,24,26). The molecule has 150 valence electrons. The molecular formula is C21H34N4O2. The highest BCUT2D eigenvalue weighted by molar-refractivity contribution is 5.80. The largest absolute Gasteiger partial charge is 0.444 e. The number of hydrogen-bond donors (Lipinski definition) is 2. The zero-order valence-corrected chi connectivity index (χ0v) is 17.5. The SMILES string of the molecule is CN=C(NCC(C)c1cccc(C)c1)N1CCC(NC(=O)OC(C)(C)C)C1. The van der Waals surface area contributed by atoms with Crippen molar-refractivity contribution >= 4 is 12.1 Å². The monoisotopic (exact) mass is 374 g/mol. The van der Waals surface area contributed by atoms with Crippen molar-refractivity contribution in [1.29, 1.82) is 0 Å². The number of amides is 1. The van der Waals surface area contributed by atoms with Crippen molar-refractivity contribution in [2.75, 3.05) is 26.7 Å². The van der Waals surface area contributed by atoms with Gasteiger partial charge in [0.2, 0.25) is 0 Å². The number of carbonyl (C=O) groups is 1. The zero-order valence-electron chi connectivity index (χ0n) is 17.5. The molecular weight excluding hydrogens is 340 g/mol. The molecule has 2 rings (SSSR count). The number of rotatable bonds is 4. The van der Waals surface area contributed by atoms with Gasteiger partial charge in [0, 0.05) is 26.7 Å². The van der Waals surface area contributed by atoms with E-state index in [9.17, 15) is 4.79 Å². The summed E-state index contributed by atoms with van der Waals surface area (Å²) in [7, 11) is 1.80. The minimum atomic E-state index is -0.480. The summed E-state index contributed by atoms with van der Waals surface area (Å²) < 4.78 is 5.34. The number of nitrogens with zero attached hydrogens (tertiary/aromatic N) is 2. The Bertz CT molecular complexity index is 666. The smallest absolute Gasteiger partial charge is 0.407 e. The molecule has 0 bridgehead atoms. The molecule has 1 amide bonds. The lowest BCUT2D eigenvalue weighted by Crippen LogP contribution is -2.44. The molecule has 1 saturated heterocycles. The van der Waals surface area contributed by atoms with Crippen molar-refractivity contribution in [1.82, 2.24) is 15.5 Å². The van der Waals surface area contributed by atoms with Crippen molar-refractivity contribution in [3.8, 4) is 0 Å². The first-order valence-corrected chi connectivity index (χ1v) is 9.69. The van der Waals surface area contributed by atoms with Gasteiger partial charge in [-0.15, -0.1) is 0 Å². The van der Waals surface area contributed by atoms with Crippen LogP contribution in [-0.4, -0.2) is 55.3 Å². The molecule has 2 unspecified atom stereocenters. The van der Waals surface area contributed by atoms with Gasteiger partial charge in [0.25, 0.3) is 0 Å². The summed E-state index contributed by atoms with van der Waals surface area (Å²) >= 11 is 0. The highest BCUT2D eigenvalue weighted by Crippen LogP contribution is 2.16. The number of carbonyl (C=O) groups excluding carboxylic acids is 1. The first-order chi connectivity index (χ1) is 12.7. The molecule has 6 nitrogen and oxygen atoms in total. The van der Waals surface area contributed by atoms with E-state index in [1.807, 2.05) is 20.8 Å². The average molecular weight is 375 g/mol. The zero-order chi connectivity index (χ0) is 20.0. The molecule has 27 heavy (non-hydrogen) atoms. The van der Waals surface area contributed by atoms with Gasteiger partial charge in [0.15, 0.2) is 5.96 Å². The van der Waals surface area contributed by atoms with E-state index in [1.54, 1.807) is 7.05 Å². The van der Waals surface area contributed by atoms with Gasteiger partial charge in [-0.05, 0) is 45.6 Å². The Kier molecular flexibility index (Phi) is 7.11. The predicted molar refractivity (Wildman–Crippen MR) is 110 cm³/mol. The summed E-state index contributed by atoms with van der Waals surface area (Å²) in [6, 6.07) is 8.69. The maximum absolute atomic E-state index is 12.0. The lowest BCUT2D eigenvalue weighted by atomic mass is 9.99. The first-order valence-electron chi connectivity index (χ1n) is 9.69. The topological polar surface area (TPSA) is 66.0 Å². The van der Waals surface area contributed by atoms with Crippen LogP contribution in [0.3, 0.4) is 0 Å². The van der Waals surface area contributed by atoms with Gasteiger partial charge in [-0.2, -0.15) is 0 Å². The predicted octanol–water partition coefficient (Wildman–Crippen LogP) is 3.27. The van der Waals surface area contributed by atoms with Crippen molar-refractivity contribution < 1.29 is 9.53 Å². The lowest BCUT2D eigenvalue weighted by Gasteiger charge is -2.24. The quantitative estimate of drug-likeness (QED) is 0.627. The second kappa shape index (κ2) is 9.11. The molecule has 1 aliphatic heterocycles. The molecule has 1 aliphatic rings. The van der Waals surface area contributed by atoms with Crippen molar-refractivity contribution in [3.63, 3.8) is 0 Å². The maximum atomic E-state index is 12.0. The molecule has 0 aliphatic carbocycles. The van der Waals surface area contributed by atoms with Gasteiger partial charge in [-0.25, -0.2) is 4.79 Å². The van der Waals surface area contributed by atoms with E-state index in [-0.39, 0.29) is 12.1 Å². The van der Waals surface area contributed by atoms with Crippen molar-refractivity contribution in [2.24, 2.45) is 4.99 Å². The Labute approximate surface area is 163 Å². The number of ether oxygens (including phenoxy) is 1. The minimum absolute atomic E-state index is 0.0765. The molecule has 6 heteroatoms. The van der Waals surface area contributed by atoms with E-state index in [1.165, 1.54) is 11.1 Å². The number of aryl methyl sites for hydroxylation is 1. The second-order valence-electron chi connectivity index (χ2n) is 8.32. The summed E-state index contributed by atoms with van der Waals surface area (Å²) in [4.78, 5) is 18.6. The normalized spacial score (nSPS) is 19.0. The fourth-order valence-corrected chi connectivity index (χ4v) is 3.22. The number of nitrogens with one attached hydrogen (secondary N) is 2. The molecule has 2 atom stereocenters. The van der Waals surface area contributed by atoms with Crippen LogP contribution in [0.1, 0.15) is 51.2 Å². The molecule has 1 heterocycles. The number of likely N-dealkylation sites (tertiary alicyclic amines) is 1. The molecule has 2 N–H and O–H groups in total. The number of aliphatic imine (C=N–C) groups is 1. The molecule has 0 aromatic heterocycles. The number of hydrogen-bond acceptors (Lipinski definition) is 3. The molecule has 1 aromatic carbocycles. The van der Waals surface area contributed by atoms with Crippen LogP contribution in [0.15, 0.2) is 29.3 Å². The molecule has 0 spiro atoms. The summed E-state index contributed by atoms with van der Waals surface area (Å²) in [5, 5.41) is 6.43. The van der Waals surface area contributed by atoms with Crippen LogP contribution in [-0.2, 0) is 4.74 Å². The maximum Gasteiger partial charge on any atom is 0.407 e. The second-order valence-corrected chi connectivity index (χ2v) is 8.32. The third-order valence-electron chi connectivity index (χ3n) is 4.60. The Balaban J connectivity index is 1.83. The summed E-state index contributed by atoms with van der Waals surface area (Å²) in [5.74, 6) is 1.27. The van der Waals surface area contributed by atoms with E-state index in [0.717, 1.165) is 32.0 Å².